The largest absolute Gasteiger partial charge is 0.467 e. The minimum Gasteiger partial charge on any atom is -0.467 e. The van der Waals surface area contributed by atoms with E-state index in [1.165, 1.54) is 26.2 Å². The maximum absolute atomic E-state index is 13.9. The topological polar surface area (TPSA) is 115 Å². The number of rotatable bonds is 5. The first-order valence-electron chi connectivity index (χ1n) is 12.6. The van der Waals surface area contributed by atoms with Crippen LogP contribution in [-0.4, -0.2) is 74.5 Å². The number of fused-ring (bicyclic) bond motifs is 1. The van der Waals surface area contributed by atoms with Gasteiger partial charge >= 0.3 is 17.9 Å². The molecule has 3 aliphatic heterocycles. The van der Waals surface area contributed by atoms with E-state index in [-0.39, 0.29) is 41.9 Å². The summed E-state index contributed by atoms with van der Waals surface area (Å²) in [5, 5.41) is 0. The molecule has 0 radical (unpaired) electrons. The molecule has 4 aliphatic rings. The van der Waals surface area contributed by atoms with Crippen LogP contribution >= 0.6 is 22.6 Å². The van der Waals surface area contributed by atoms with E-state index in [4.69, 9.17) is 19.2 Å². The van der Waals surface area contributed by atoms with Gasteiger partial charge in [-0.15, -0.1) is 5.92 Å². The number of aliphatic imine (C=N–C) groups is 1. The molecule has 0 aromatic heterocycles. The minimum absolute atomic E-state index is 0.00114. The lowest BCUT2D eigenvalue weighted by molar-refractivity contribution is -0.151. The monoisotopic (exact) mass is 645 g/mol. The fraction of sp³-hybridized carbons (Fsp3) is 0.464. The van der Waals surface area contributed by atoms with Crippen LogP contribution in [0, 0.1) is 21.3 Å². The maximum atomic E-state index is 13.9. The predicted octanol–water partition coefficient (Wildman–Crippen LogP) is 2.33. The first-order chi connectivity index (χ1) is 18.7. The molecule has 1 saturated carbocycles. The van der Waals surface area contributed by atoms with E-state index < -0.39 is 35.4 Å². The van der Waals surface area contributed by atoms with Gasteiger partial charge < -0.3 is 19.1 Å². The van der Waals surface area contributed by atoms with Crippen LogP contribution in [0.4, 0.5) is 5.69 Å². The second-order valence-corrected chi connectivity index (χ2v) is 11.1. The number of carbonyl (C=O) groups is 4. The summed E-state index contributed by atoms with van der Waals surface area (Å²) in [7, 11) is 3.71. The molecule has 2 fully saturated rings. The SMILES string of the molecule is CC#CCN1c2ccc(I)cc2[C@]23C[C@@H](C(=O)OC)N(C(=O)C4CCC4)C2=NC(C(=O)OC)=C(C(=O)OC)C13. The third kappa shape index (κ3) is 3.94. The zero-order valence-electron chi connectivity index (χ0n) is 22.1. The van der Waals surface area contributed by atoms with Crippen molar-refractivity contribution < 1.29 is 33.4 Å². The zero-order valence-corrected chi connectivity index (χ0v) is 24.2. The van der Waals surface area contributed by atoms with Crippen molar-refractivity contribution in [3.8, 4) is 11.8 Å². The first kappa shape index (κ1) is 27.2. The summed E-state index contributed by atoms with van der Waals surface area (Å²) in [6.45, 7) is 1.94. The van der Waals surface area contributed by atoms with Gasteiger partial charge in [-0.05, 0) is 72.5 Å². The minimum atomic E-state index is -1.13. The Morgan fingerprint density at radius 3 is 2.41 bits per heavy atom. The van der Waals surface area contributed by atoms with Crippen LogP contribution in [0.1, 0.15) is 38.2 Å². The molecule has 10 nitrogen and oxygen atoms in total. The van der Waals surface area contributed by atoms with Gasteiger partial charge in [0.25, 0.3) is 0 Å². The molecular formula is C28H28IN3O7. The Hall–Kier alpha value is -3.40. The zero-order chi connectivity index (χ0) is 28.1. The van der Waals surface area contributed by atoms with Crippen molar-refractivity contribution in [2.45, 2.75) is 50.1 Å². The molecule has 0 N–H and O–H groups in total. The molecule has 1 saturated heterocycles. The lowest BCUT2D eigenvalue weighted by Gasteiger charge is -2.40. The van der Waals surface area contributed by atoms with Crippen LogP contribution in [0.25, 0.3) is 0 Å². The highest BCUT2D eigenvalue weighted by molar-refractivity contribution is 14.1. The third-order valence-electron chi connectivity index (χ3n) is 8.10. The van der Waals surface area contributed by atoms with Crippen molar-refractivity contribution in [3.63, 3.8) is 0 Å². The fourth-order valence-corrected chi connectivity index (χ4v) is 6.67. The van der Waals surface area contributed by atoms with Gasteiger partial charge in [0, 0.05) is 15.2 Å². The summed E-state index contributed by atoms with van der Waals surface area (Å²) in [6.07, 6.45) is 2.43. The van der Waals surface area contributed by atoms with Crippen LogP contribution in [0.2, 0.25) is 0 Å². The smallest absolute Gasteiger partial charge is 0.357 e. The lowest BCUT2D eigenvalue weighted by Crippen LogP contribution is -2.56. The van der Waals surface area contributed by atoms with Gasteiger partial charge in [-0.2, -0.15) is 0 Å². The molecule has 1 aromatic carbocycles. The first-order valence-corrected chi connectivity index (χ1v) is 13.7. The predicted molar refractivity (Wildman–Crippen MR) is 149 cm³/mol. The van der Waals surface area contributed by atoms with Crippen LogP contribution in [0.15, 0.2) is 34.5 Å². The summed E-state index contributed by atoms with van der Waals surface area (Å²) >= 11 is 2.20. The van der Waals surface area contributed by atoms with E-state index in [1.807, 2.05) is 23.1 Å². The van der Waals surface area contributed by atoms with Crippen LogP contribution in [0.5, 0.6) is 0 Å². The Bertz CT molecular complexity index is 1400. The summed E-state index contributed by atoms with van der Waals surface area (Å²) < 4.78 is 16.3. The number of halogens is 1. The van der Waals surface area contributed by atoms with E-state index in [0.29, 0.717) is 12.8 Å². The van der Waals surface area contributed by atoms with Gasteiger partial charge in [0.05, 0.1) is 44.9 Å². The quantitative estimate of drug-likeness (QED) is 0.208. The average Bonchev–Trinajstić information content (AvgIpc) is 3.39. The van der Waals surface area contributed by atoms with Gasteiger partial charge in [-0.25, -0.2) is 19.4 Å². The number of methoxy groups -OCH3 is 3. The Labute approximate surface area is 239 Å². The molecule has 3 heterocycles. The molecule has 3 atom stereocenters. The summed E-state index contributed by atoms with van der Waals surface area (Å²) in [5.41, 5.74) is 0.169. The van der Waals surface area contributed by atoms with Crippen molar-refractivity contribution in [1.82, 2.24) is 4.90 Å². The molecule has 1 aliphatic carbocycles. The van der Waals surface area contributed by atoms with Crippen LogP contribution in [0.3, 0.4) is 0 Å². The molecule has 1 unspecified atom stereocenters. The highest BCUT2D eigenvalue weighted by atomic mass is 127. The van der Waals surface area contributed by atoms with E-state index in [9.17, 15) is 19.2 Å². The fourth-order valence-electron chi connectivity index (χ4n) is 6.18. The normalized spacial score (nSPS) is 24.9. The van der Waals surface area contributed by atoms with Gasteiger partial charge in [0.15, 0.2) is 5.70 Å². The summed E-state index contributed by atoms with van der Waals surface area (Å²) in [6, 6.07) is 4.00. The maximum Gasteiger partial charge on any atom is 0.357 e. The van der Waals surface area contributed by atoms with Crippen LogP contribution in [-0.2, 0) is 38.8 Å². The molecule has 39 heavy (non-hydrogen) atoms. The number of benzene rings is 1. The van der Waals surface area contributed by atoms with Crippen molar-refractivity contribution in [1.29, 1.82) is 0 Å². The summed E-state index contributed by atoms with van der Waals surface area (Å²) in [5.74, 6) is 3.52. The molecule has 0 bridgehead atoms. The highest BCUT2D eigenvalue weighted by Crippen LogP contribution is 2.58. The number of hydrogen-bond acceptors (Lipinski definition) is 9. The molecular weight excluding hydrogens is 617 g/mol. The number of hydrogen-bond donors (Lipinski definition) is 0. The van der Waals surface area contributed by atoms with E-state index >= 15 is 0 Å². The molecule has 1 amide bonds. The standard InChI is InChI=1S/C28H28IN3O7/c1-5-6-12-31-18-11-10-16(29)13-17(18)28-14-19(24(34)37-2)32(23(33)15-8-7-9-15)27(28)30-21(26(36)39-4)20(22(28)31)25(35)38-3/h10-11,13,15,19,22H,7-9,12,14H2,1-4H3/t19-,22?,28-/m0/s1. The number of amidine groups is 1. The lowest BCUT2D eigenvalue weighted by atomic mass is 9.69. The Balaban J connectivity index is 1.87. The Kier molecular flexibility index (Phi) is 7.17. The molecule has 1 aromatic rings. The number of likely N-dealkylation sites (tertiary alicyclic amines) is 1. The van der Waals surface area contributed by atoms with Crippen molar-refractivity contribution >= 4 is 57.9 Å². The Morgan fingerprint density at radius 2 is 1.82 bits per heavy atom. The highest BCUT2D eigenvalue weighted by Gasteiger charge is 2.68. The van der Waals surface area contributed by atoms with E-state index in [1.54, 1.807) is 6.92 Å². The number of carbonyl (C=O) groups excluding carboxylic acids is 4. The number of esters is 3. The number of amides is 1. The van der Waals surface area contributed by atoms with Crippen LogP contribution < -0.4 is 4.90 Å². The number of nitrogens with zero attached hydrogens (tertiary/aromatic N) is 3. The molecule has 1 spiro atoms. The van der Waals surface area contributed by atoms with E-state index in [0.717, 1.165) is 21.2 Å². The van der Waals surface area contributed by atoms with Crippen molar-refractivity contribution in [3.05, 3.63) is 38.6 Å². The summed E-state index contributed by atoms with van der Waals surface area (Å²) in [4.78, 5) is 61.8. The van der Waals surface area contributed by atoms with Crippen molar-refractivity contribution in [2.75, 3.05) is 32.8 Å². The Morgan fingerprint density at radius 1 is 1.10 bits per heavy atom. The van der Waals surface area contributed by atoms with Gasteiger partial charge in [-0.1, -0.05) is 12.3 Å². The number of anilines is 1. The molecule has 11 heteroatoms. The van der Waals surface area contributed by atoms with Gasteiger partial charge in [-0.3, -0.25) is 9.69 Å². The average molecular weight is 645 g/mol. The second kappa shape index (κ2) is 10.3. The second-order valence-electron chi connectivity index (χ2n) is 9.85. The molecule has 5 rings (SSSR count). The third-order valence-corrected chi connectivity index (χ3v) is 8.77. The van der Waals surface area contributed by atoms with Gasteiger partial charge in [0.1, 0.15) is 11.9 Å². The van der Waals surface area contributed by atoms with E-state index in [2.05, 4.69) is 34.4 Å². The van der Waals surface area contributed by atoms with Gasteiger partial charge in [0.2, 0.25) is 5.91 Å². The van der Waals surface area contributed by atoms with Crippen molar-refractivity contribution in [2.24, 2.45) is 10.9 Å². The molecule has 204 valence electrons. The number of ether oxygens (including phenoxy) is 3.